The molecule has 0 spiro atoms. The number of sulfonamides is 1. The molecule has 3 aromatic rings. The summed E-state index contributed by atoms with van der Waals surface area (Å²) in [6.07, 6.45) is 2.15. The van der Waals surface area contributed by atoms with Gasteiger partial charge in [0.25, 0.3) is 0 Å². The zero-order valence-corrected chi connectivity index (χ0v) is 21.8. The van der Waals surface area contributed by atoms with E-state index in [-0.39, 0.29) is 23.1 Å². The van der Waals surface area contributed by atoms with Gasteiger partial charge in [-0.25, -0.2) is 8.42 Å². The molecule has 0 unspecified atom stereocenters. The number of carboxylic acids is 1. The molecular weight excluding hydrogens is 512 g/mol. The molecule has 1 atom stereocenters. The second-order valence-corrected chi connectivity index (χ2v) is 11.4. The number of carboxylic acid groups (broad SMARTS) is 1. The highest BCUT2D eigenvalue weighted by Crippen LogP contribution is 2.31. The summed E-state index contributed by atoms with van der Waals surface area (Å²) in [5.74, 6) is -1.16. The predicted molar refractivity (Wildman–Crippen MR) is 142 cm³/mol. The summed E-state index contributed by atoms with van der Waals surface area (Å²) in [5, 5.41) is 10.3. The monoisotopic (exact) mass is 540 g/mol. The van der Waals surface area contributed by atoms with Crippen LogP contribution in [0.1, 0.15) is 31.2 Å². The maximum atomic E-state index is 12.9. The standard InChI is InChI=1S/C28H29ClN2O5S/c29-24-14-10-21(11-15-24)22-12-16-25(17-13-22)37(35,36)30-26(28(33)34)7-4-18-31(27(32)23-8-9-23)19-20-5-2-1-3-6-20/h1-3,5-6,10-17,23,26,30H,4,7-9,18-19H2,(H,33,34)/t26-/m0/s1. The number of halogens is 1. The van der Waals surface area contributed by atoms with E-state index in [0.717, 1.165) is 29.5 Å². The lowest BCUT2D eigenvalue weighted by Gasteiger charge is -2.24. The van der Waals surface area contributed by atoms with E-state index in [0.29, 0.717) is 24.5 Å². The average molecular weight is 541 g/mol. The Morgan fingerprint density at radius 1 is 0.946 bits per heavy atom. The number of hydrogen-bond acceptors (Lipinski definition) is 4. The molecule has 0 heterocycles. The van der Waals surface area contributed by atoms with E-state index in [1.165, 1.54) is 12.1 Å². The number of hydrogen-bond donors (Lipinski definition) is 2. The first-order chi connectivity index (χ1) is 17.7. The van der Waals surface area contributed by atoms with Crippen LogP contribution in [-0.2, 0) is 26.2 Å². The minimum absolute atomic E-state index is 0.0221. The van der Waals surface area contributed by atoms with Crippen LogP contribution < -0.4 is 4.72 Å². The Bertz CT molecular complexity index is 1330. The number of nitrogens with one attached hydrogen (secondary N) is 1. The fraction of sp³-hybridized carbons (Fsp3) is 0.286. The maximum Gasteiger partial charge on any atom is 0.321 e. The van der Waals surface area contributed by atoms with Crippen molar-refractivity contribution < 1.29 is 23.1 Å². The van der Waals surface area contributed by atoms with Crippen LogP contribution >= 0.6 is 11.6 Å². The van der Waals surface area contributed by atoms with Gasteiger partial charge in [-0.2, -0.15) is 4.72 Å². The van der Waals surface area contributed by atoms with Crippen molar-refractivity contribution in [1.29, 1.82) is 0 Å². The van der Waals surface area contributed by atoms with Crippen LogP contribution in [0.3, 0.4) is 0 Å². The molecule has 0 bridgehead atoms. The molecule has 194 valence electrons. The first-order valence-electron chi connectivity index (χ1n) is 12.2. The lowest BCUT2D eigenvalue weighted by molar-refractivity contribution is -0.139. The van der Waals surface area contributed by atoms with E-state index in [1.807, 2.05) is 42.5 Å². The van der Waals surface area contributed by atoms with Crippen LogP contribution in [-0.4, -0.2) is 42.9 Å². The van der Waals surface area contributed by atoms with Crippen LogP contribution in [0.25, 0.3) is 11.1 Å². The molecule has 3 aromatic carbocycles. The van der Waals surface area contributed by atoms with Crippen molar-refractivity contribution in [2.75, 3.05) is 6.54 Å². The number of benzene rings is 3. The van der Waals surface area contributed by atoms with Gasteiger partial charge in [-0.15, -0.1) is 0 Å². The molecule has 0 aliphatic heterocycles. The fourth-order valence-electron chi connectivity index (χ4n) is 4.10. The Kier molecular flexibility index (Phi) is 8.63. The number of carbonyl (C=O) groups excluding carboxylic acids is 1. The van der Waals surface area contributed by atoms with Crippen LogP contribution in [0, 0.1) is 5.92 Å². The summed E-state index contributed by atoms with van der Waals surface area (Å²) >= 11 is 5.92. The zero-order chi connectivity index (χ0) is 26.4. The molecule has 37 heavy (non-hydrogen) atoms. The highest BCUT2D eigenvalue weighted by Gasteiger charge is 2.33. The normalized spacial score (nSPS) is 14.2. The van der Waals surface area contributed by atoms with Gasteiger partial charge in [0.15, 0.2) is 0 Å². The summed E-state index contributed by atoms with van der Waals surface area (Å²) in [6, 6.07) is 21.7. The third-order valence-corrected chi connectivity index (χ3v) is 8.05. The summed E-state index contributed by atoms with van der Waals surface area (Å²) in [7, 11) is -4.06. The van der Waals surface area contributed by atoms with Gasteiger partial charge in [0.05, 0.1) is 4.90 Å². The predicted octanol–water partition coefficient (Wildman–Crippen LogP) is 4.96. The molecule has 1 aliphatic carbocycles. The van der Waals surface area contributed by atoms with E-state index >= 15 is 0 Å². The quantitative estimate of drug-likeness (QED) is 0.338. The van der Waals surface area contributed by atoms with E-state index < -0.39 is 22.0 Å². The summed E-state index contributed by atoms with van der Waals surface area (Å²) in [6.45, 7) is 0.797. The molecule has 9 heteroatoms. The summed E-state index contributed by atoms with van der Waals surface area (Å²) in [4.78, 5) is 26.4. The van der Waals surface area contributed by atoms with Gasteiger partial charge in [0.1, 0.15) is 6.04 Å². The van der Waals surface area contributed by atoms with Gasteiger partial charge in [0, 0.05) is 24.0 Å². The minimum Gasteiger partial charge on any atom is -0.480 e. The van der Waals surface area contributed by atoms with Crippen molar-refractivity contribution in [1.82, 2.24) is 9.62 Å². The van der Waals surface area contributed by atoms with Gasteiger partial charge in [-0.05, 0) is 66.6 Å². The maximum absolute atomic E-state index is 12.9. The molecular formula is C28H29ClN2O5S. The summed E-state index contributed by atoms with van der Waals surface area (Å²) in [5.41, 5.74) is 2.68. The molecule has 0 radical (unpaired) electrons. The molecule has 4 rings (SSSR count). The Hall–Kier alpha value is -3.20. The molecule has 1 amide bonds. The molecule has 1 fully saturated rings. The molecule has 0 aromatic heterocycles. The third kappa shape index (κ3) is 7.41. The highest BCUT2D eigenvalue weighted by molar-refractivity contribution is 7.89. The number of rotatable bonds is 12. The molecule has 2 N–H and O–H groups in total. The topological polar surface area (TPSA) is 104 Å². The highest BCUT2D eigenvalue weighted by atomic mass is 35.5. The largest absolute Gasteiger partial charge is 0.480 e. The lowest BCUT2D eigenvalue weighted by atomic mass is 10.1. The average Bonchev–Trinajstić information content (AvgIpc) is 3.74. The first kappa shape index (κ1) is 26.9. The Morgan fingerprint density at radius 2 is 1.54 bits per heavy atom. The first-order valence-corrected chi connectivity index (χ1v) is 14.0. The Morgan fingerprint density at radius 3 is 2.11 bits per heavy atom. The zero-order valence-electron chi connectivity index (χ0n) is 20.2. The number of carbonyl (C=O) groups is 2. The van der Waals surface area contributed by atoms with Crippen molar-refractivity contribution in [2.45, 2.75) is 43.2 Å². The van der Waals surface area contributed by atoms with E-state index in [2.05, 4.69) is 4.72 Å². The van der Waals surface area contributed by atoms with E-state index in [9.17, 15) is 23.1 Å². The molecule has 1 aliphatic rings. The lowest BCUT2D eigenvalue weighted by Crippen LogP contribution is -2.41. The van der Waals surface area contributed by atoms with Crippen LogP contribution in [0.2, 0.25) is 5.02 Å². The van der Waals surface area contributed by atoms with E-state index in [4.69, 9.17) is 11.6 Å². The van der Waals surface area contributed by atoms with Gasteiger partial charge in [0.2, 0.25) is 15.9 Å². The van der Waals surface area contributed by atoms with Crippen LogP contribution in [0.4, 0.5) is 0 Å². The fourth-order valence-corrected chi connectivity index (χ4v) is 5.45. The number of aliphatic carboxylic acids is 1. The van der Waals surface area contributed by atoms with Crippen molar-refractivity contribution in [3.63, 3.8) is 0 Å². The molecule has 0 saturated heterocycles. The van der Waals surface area contributed by atoms with Crippen molar-refractivity contribution in [3.05, 3.63) is 89.4 Å². The smallest absolute Gasteiger partial charge is 0.321 e. The number of amides is 1. The van der Waals surface area contributed by atoms with E-state index in [1.54, 1.807) is 29.2 Å². The van der Waals surface area contributed by atoms with Gasteiger partial charge in [-0.1, -0.05) is 66.2 Å². The minimum atomic E-state index is -4.06. The SMILES string of the molecule is O=C(O)[C@H](CCCN(Cc1ccccc1)C(=O)C1CC1)NS(=O)(=O)c1ccc(-c2ccc(Cl)cc2)cc1. The third-order valence-electron chi connectivity index (χ3n) is 6.31. The Labute approximate surface area is 222 Å². The molecule has 1 saturated carbocycles. The van der Waals surface area contributed by atoms with Crippen LogP contribution in [0.15, 0.2) is 83.8 Å². The van der Waals surface area contributed by atoms with Gasteiger partial charge >= 0.3 is 5.97 Å². The summed E-state index contributed by atoms with van der Waals surface area (Å²) < 4.78 is 28.2. The van der Waals surface area contributed by atoms with Crippen molar-refractivity contribution in [3.8, 4) is 11.1 Å². The van der Waals surface area contributed by atoms with Crippen molar-refractivity contribution in [2.24, 2.45) is 5.92 Å². The Balaban J connectivity index is 1.38. The number of nitrogens with zero attached hydrogens (tertiary/aromatic N) is 1. The van der Waals surface area contributed by atoms with Crippen molar-refractivity contribution >= 4 is 33.5 Å². The van der Waals surface area contributed by atoms with Gasteiger partial charge in [-0.3, -0.25) is 9.59 Å². The van der Waals surface area contributed by atoms with Gasteiger partial charge < -0.3 is 10.0 Å². The second kappa shape index (κ2) is 11.9. The molecule has 7 nitrogen and oxygen atoms in total. The van der Waals surface area contributed by atoms with Crippen LogP contribution in [0.5, 0.6) is 0 Å². The second-order valence-electron chi connectivity index (χ2n) is 9.21.